The van der Waals surface area contributed by atoms with Gasteiger partial charge in [0, 0.05) is 18.5 Å². The second kappa shape index (κ2) is 10.5. The highest BCUT2D eigenvalue weighted by molar-refractivity contribution is 5.97. The van der Waals surface area contributed by atoms with Crippen LogP contribution in [0.15, 0.2) is 66.9 Å². The van der Waals surface area contributed by atoms with Crippen molar-refractivity contribution in [3.8, 4) is 5.75 Å². The van der Waals surface area contributed by atoms with Crippen molar-refractivity contribution in [1.82, 2.24) is 9.38 Å². The Morgan fingerprint density at radius 1 is 0.971 bits per heavy atom. The third kappa shape index (κ3) is 5.21. The maximum Gasteiger partial charge on any atom is 0.306 e. The van der Waals surface area contributed by atoms with Crippen molar-refractivity contribution < 1.29 is 27.8 Å². The molecular weight excluding hydrogens is 454 g/mol. The van der Waals surface area contributed by atoms with Crippen LogP contribution in [0.1, 0.15) is 46.1 Å². The van der Waals surface area contributed by atoms with Crippen LogP contribution in [-0.4, -0.2) is 28.2 Å². The van der Waals surface area contributed by atoms with E-state index in [1.54, 1.807) is 29.7 Å². The Bertz CT molecular complexity index is 1350. The van der Waals surface area contributed by atoms with Crippen molar-refractivity contribution in [3.05, 3.63) is 101 Å². The fourth-order valence-electron chi connectivity index (χ4n) is 4.06. The Morgan fingerprint density at radius 2 is 1.69 bits per heavy atom. The number of carbonyl (C=O) groups is 2. The molecule has 0 spiro atoms. The quantitative estimate of drug-likeness (QED) is 0.237. The number of fused-ring (bicyclic) bond motifs is 1. The van der Waals surface area contributed by atoms with Crippen LogP contribution in [0.5, 0.6) is 5.75 Å². The number of carbonyl (C=O) groups excluding carboxylic acids is 2. The van der Waals surface area contributed by atoms with Gasteiger partial charge in [0.2, 0.25) is 0 Å². The molecule has 4 aromatic rings. The van der Waals surface area contributed by atoms with E-state index in [-0.39, 0.29) is 42.5 Å². The SMILES string of the molecule is COC(=O)C[C@H](CC(=O)c1c(C)nc2c(OCc3c(F)cccc3F)cccn12)c1ccccc1. The smallest absolute Gasteiger partial charge is 0.306 e. The molecule has 0 aliphatic rings. The first kappa shape index (κ1) is 24.1. The van der Waals surface area contributed by atoms with E-state index in [1.165, 1.54) is 13.2 Å². The van der Waals surface area contributed by atoms with Crippen molar-refractivity contribution in [2.75, 3.05) is 7.11 Å². The lowest BCUT2D eigenvalue weighted by Crippen LogP contribution is -2.15. The largest absolute Gasteiger partial charge is 0.485 e. The zero-order valence-electron chi connectivity index (χ0n) is 19.3. The molecule has 1 atom stereocenters. The van der Waals surface area contributed by atoms with Crippen LogP contribution in [-0.2, 0) is 16.1 Å². The number of methoxy groups -OCH3 is 1. The van der Waals surface area contributed by atoms with Crippen LogP contribution in [0.2, 0.25) is 0 Å². The highest BCUT2D eigenvalue weighted by atomic mass is 19.1. The Morgan fingerprint density at radius 3 is 2.37 bits per heavy atom. The van der Waals surface area contributed by atoms with Gasteiger partial charge in [0.1, 0.15) is 23.9 Å². The summed E-state index contributed by atoms with van der Waals surface area (Å²) in [7, 11) is 1.32. The summed E-state index contributed by atoms with van der Waals surface area (Å²) in [5.41, 5.74) is 1.85. The lowest BCUT2D eigenvalue weighted by atomic mass is 9.90. The number of rotatable bonds is 9. The first-order chi connectivity index (χ1) is 16.9. The molecule has 0 saturated heterocycles. The zero-order chi connectivity index (χ0) is 24.9. The number of aryl methyl sites for hydroxylation is 1. The average molecular weight is 478 g/mol. The summed E-state index contributed by atoms with van der Waals surface area (Å²) in [6.07, 6.45) is 1.81. The number of benzene rings is 2. The fourth-order valence-corrected chi connectivity index (χ4v) is 4.06. The van der Waals surface area contributed by atoms with Crippen LogP contribution >= 0.6 is 0 Å². The van der Waals surface area contributed by atoms with Crippen LogP contribution in [0.4, 0.5) is 8.78 Å². The summed E-state index contributed by atoms with van der Waals surface area (Å²) in [5.74, 6) is -2.10. The van der Waals surface area contributed by atoms with Gasteiger partial charge in [-0.3, -0.25) is 14.0 Å². The van der Waals surface area contributed by atoms with Crippen LogP contribution in [0.25, 0.3) is 5.65 Å². The normalized spacial score (nSPS) is 11.9. The van der Waals surface area contributed by atoms with Gasteiger partial charge in [-0.15, -0.1) is 0 Å². The number of pyridine rings is 1. The Balaban J connectivity index is 1.62. The van der Waals surface area contributed by atoms with E-state index in [4.69, 9.17) is 9.47 Å². The zero-order valence-corrected chi connectivity index (χ0v) is 19.3. The monoisotopic (exact) mass is 478 g/mol. The van der Waals surface area contributed by atoms with Crippen molar-refractivity contribution in [2.24, 2.45) is 0 Å². The summed E-state index contributed by atoms with van der Waals surface area (Å²) in [4.78, 5) is 29.9. The van der Waals surface area contributed by atoms with Crippen molar-refractivity contribution in [3.63, 3.8) is 0 Å². The summed E-state index contributed by atoms with van der Waals surface area (Å²) in [6.45, 7) is 1.38. The lowest BCUT2D eigenvalue weighted by molar-refractivity contribution is -0.141. The molecule has 8 heteroatoms. The number of imidazole rings is 1. The molecule has 0 amide bonds. The third-order valence-electron chi connectivity index (χ3n) is 5.83. The predicted molar refractivity (Wildman–Crippen MR) is 125 cm³/mol. The number of halogens is 2. The molecule has 0 fully saturated rings. The minimum absolute atomic E-state index is 0.0601. The van der Waals surface area contributed by atoms with E-state index in [0.717, 1.165) is 17.7 Å². The highest BCUT2D eigenvalue weighted by Crippen LogP contribution is 2.29. The fraction of sp³-hybridized carbons (Fsp3) is 0.222. The molecule has 0 aliphatic carbocycles. The van der Waals surface area contributed by atoms with E-state index in [1.807, 2.05) is 30.3 Å². The van der Waals surface area contributed by atoms with E-state index in [0.29, 0.717) is 17.0 Å². The second-order valence-corrected chi connectivity index (χ2v) is 8.12. The number of aromatic nitrogens is 2. The molecule has 2 heterocycles. The maximum atomic E-state index is 14.0. The maximum absolute atomic E-state index is 14.0. The molecule has 35 heavy (non-hydrogen) atoms. The van der Waals surface area contributed by atoms with Gasteiger partial charge in [-0.05, 0) is 36.8 Å². The number of Topliss-reactive ketones (excluding diaryl/α,β-unsaturated/α-hetero) is 1. The van der Waals surface area contributed by atoms with Crippen LogP contribution in [0.3, 0.4) is 0 Å². The summed E-state index contributed by atoms with van der Waals surface area (Å²) in [5, 5.41) is 0. The predicted octanol–water partition coefficient (Wildman–Crippen LogP) is 5.42. The van der Waals surface area contributed by atoms with Gasteiger partial charge >= 0.3 is 5.97 Å². The molecule has 0 N–H and O–H groups in total. The van der Waals surface area contributed by atoms with Crippen molar-refractivity contribution in [1.29, 1.82) is 0 Å². The molecule has 4 rings (SSSR count). The standard InChI is InChI=1S/C27H24F2N2O4/c1-17-26(23(32)14-19(15-25(33)34-2)18-8-4-3-5-9-18)31-13-7-12-24(27(31)30-17)35-16-20-21(28)10-6-11-22(20)29/h3-13,19H,14-16H2,1-2H3/t19-/m0/s1. The third-order valence-corrected chi connectivity index (χ3v) is 5.83. The Hall–Kier alpha value is -4.07. The highest BCUT2D eigenvalue weighted by Gasteiger charge is 2.25. The van der Waals surface area contributed by atoms with Gasteiger partial charge in [0.25, 0.3) is 0 Å². The number of nitrogens with zero attached hydrogens (tertiary/aromatic N) is 2. The Labute approximate surface area is 201 Å². The number of hydrogen-bond acceptors (Lipinski definition) is 5. The Kier molecular flexibility index (Phi) is 7.19. The van der Waals surface area contributed by atoms with Crippen LogP contribution in [0, 0.1) is 18.6 Å². The first-order valence-electron chi connectivity index (χ1n) is 11.1. The van der Waals surface area contributed by atoms with E-state index in [2.05, 4.69) is 4.98 Å². The minimum Gasteiger partial charge on any atom is -0.485 e. The average Bonchev–Trinajstić information content (AvgIpc) is 3.20. The number of ether oxygens (including phenoxy) is 2. The molecule has 0 radical (unpaired) electrons. The molecule has 0 unspecified atom stereocenters. The van der Waals surface area contributed by atoms with Crippen molar-refractivity contribution in [2.45, 2.75) is 32.3 Å². The minimum atomic E-state index is -0.704. The molecule has 0 aliphatic heterocycles. The van der Waals surface area contributed by atoms with Gasteiger partial charge in [-0.2, -0.15) is 0 Å². The van der Waals surface area contributed by atoms with Gasteiger partial charge in [-0.25, -0.2) is 13.8 Å². The topological polar surface area (TPSA) is 69.9 Å². The van der Waals surface area contributed by atoms with E-state index >= 15 is 0 Å². The van der Waals surface area contributed by atoms with Crippen molar-refractivity contribution >= 4 is 17.4 Å². The van der Waals surface area contributed by atoms with Gasteiger partial charge in [0.15, 0.2) is 17.2 Å². The summed E-state index contributed by atoms with van der Waals surface area (Å²) >= 11 is 0. The molecule has 2 aromatic carbocycles. The van der Waals surface area contributed by atoms with Gasteiger partial charge < -0.3 is 9.47 Å². The van der Waals surface area contributed by atoms with E-state index in [9.17, 15) is 18.4 Å². The van der Waals surface area contributed by atoms with E-state index < -0.39 is 17.6 Å². The number of esters is 1. The molecule has 6 nitrogen and oxygen atoms in total. The lowest BCUT2D eigenvalue weighted by Gasteiger charge is -2.16. The molecule has 180 valence electrons. The summed E-state index contributed by atoms with van der Waals surface area (Å²) in [6, 6.07) is 16.2. The van der Waals surface area contributed by atoms with Gasteiger partial charge in [-0.1, -0.05) is 36.4 Å². The number of hydrogen-bond donors (Lipinski definition) is 0. The molecule has 0 saturated carbocycles. The molecule has 0 bridgehead atoms. The molecular formula is C27H24F2N2O4. The van der Waals surface area contributed by atoms with Crippen LogP contribution < -0.4 is 4.74 Å². The summed E-state index contributed by atoms with van der Waals surface area (Å²) < 4.78 is 40.1. The second-order valence-electron chi connectivity index (χ2n) is 8.12. The van der Waals surface area contributed by atoms with Gasteiger partial charge in [0.05, 0.1) is 24.8 Å². The number of ketones is 1. The molecule has 2 aromatic heterocycles. The first-order valence-corrected chi connectivity index (χ1v) is 11.1.